The standard InChI is InChI=1S/C16H18F3N3O/c1-3-4-8-15(23,16(17,18)19)10-21-13-6-5-7-14-12(13)9-20-11(2)22-14/h5-7,9-10,23H,3-4,8H2,1-2H3. The summed E-state index contributed by atoms with van der Waals surface area (Å²) in [5.41, 5.74) is -2.05. The van der Waals surface area contributed by atoms with Gasteiger partial charge >= 0.3 is 6.18 Å². The molecule has 0 fully saturated rings. The second kappa shape index (κ2) is 6.62. The van der Waals surface area contributed by atoms with Crippen molar-refractivity contribution in [1.82, 2.24) is 9.97 Å². The molecule has 2 aromatic rings. The van der Waals surface area contributed by atoms with E-state index in [0.717, 1.165) is 0 Å². The van der Waals surface area contributed by atoms with Crippen molar-refractivity contribution < 1.29 is 18.3 Å². The van der Waals surface area contributed by atoms with E-state index in [1.807, 2.05) is 0 Å². The van der Waals surface area contributed by atoms with Gasteiger partial charge < -0.3 is 5.11 Å². The first-order valence-electron chi connectivity index (χ1n) is 7.33. The number of hydrogen-bond acceptors (Lipinski definition) is 4. The zero-order chi connectivity index (χ0) is 17.1. The largest absolute Gasteiger partial charge is 0.422 e. The van der Waals surface area contributed by atoms with E-state index in [2.05, 4.69) is 15.0 Å². The van der Waals surface area contributed by atoms with Gasteiger partial charge in [0, 0.05) is 17.8 Å². The number of fused-ring (bicyclic) bond motifs is 1. The highest BCUT2D eigenvalue weighted by atomic mass is 19.4. The number of aromatic nitrogens is 2. The first-order valence-corrected chi connectivity index (χ1v) is 7.33. The summed E-state index contributed by atoms with van der Waals surface area (Å²) in [5, 5.41) is 10.5. The lowest BCUT2D eigenvalue weighted by Crippen LogP contribution is -2.46. The van der Waals surface area contributed by atoms with Crippen molar-refractivity contribution in [3.8, 4) is 0 Å². The van der Waals surface area contributed by atoms with Crippen LogP contribution in [0.1, 0.15) is 32.0 Å². The maximum absolute atomic E-state index is 13.1. The predicted molar refractivity (Wildman–Crippen MR) is 83.0 cm³/mol. The number of halogens is 3. The fourth-order valence-electron chi connectivity index (χ4n) is 2.15. The van der Waals surface area contributed by atoms with Crippen molar-refractivity contribution in [3.05, 3.63) is 30.2 Å². The van der Waals surface area contributed by atoms with E-state index in [1.54, 1.807) is 32.0 Å². The minimum absolute atomic E-state index is 0.250. The molecule has 0 aliphatic rings. The molecule has 0 amide bonds. The van der Waals surface area contributed by atoms with E-state index in [0.29, 0.717) is 35.1 Å². The highest BCUT2D eigenvalue weighted by Crippen LogP contribution is 2.34. The molecule has 1 unspecified atom stereocenters. The lowest BCUT2D eigenvalue weighted by molar-refractivity contribution is -0.230. The highest BCUT2D eigenvalue weighted by Gasteiger charge is 2.52. The zero-order valence-corrected chi connectivity index (χ0v) is 12.9. The molecule has 0 saturated carbocycles. The van der Waals surface area contributed by atoms with Gasteiger partial charge in [0.25, 0.3) is 0 Å². The van der Waals surface area contributed by atoms with Crippen molar-refractivity contribution in [1.29, 1.82) is 0 Å². The third-order valence-corrected chi connectivity index (χ3v) is 3.54. The maximum atomic E-state index is 13.1. The number of nitrogens with zero attached hydrogens (tertiary/aromatic N) is 3. The minimum Gasteiger partial charge on any atom is -0.376 e. The van der Waals surface area contributed by atoms with Gasteiger partial charge in [0.05, 0.1) is 11.2 Å². The Morgan fingerprint density at radius 3 is 2.70 bits per heavy atom. The van der Waals surface area contributed by atoms with Crippen LogP contribution in [0.2, 0.25) is 0 Å². The lowest BCUT2D eigenvalue weighted by Gasteiger charge is -2.26. The summed E-state index contributed by atoms with van der Waals surface area (Å²) >= 11 is 0. The average molecular weight is 325 g/mol. The molecule has 0 spiro atoms. The van der Waals surface area contributed by atoms with Gasteiger partial charge in [-0.15, -0.1) is 0 Å². The van der Waals surface area contributed by atoms with Crippen molar-refractivity contribution >= 4 is 22.8 Å². The maximum Gasteiger partial charge on any atom is 0.422 e. The molecule has 7 heteroatoms. The Kier molecular flexibility index (Phi) is 4.99. The number of rotatable bonds is 5. The van der Waals surface area contributed by atoms with Gasteiger partial charge in [-0.05, 0) is 25.5 Å². The number of alkyl halides is 3. The average Bonchev–Trinajstić information content (AvgIpc) is 2.49. The topological polar surface area (TPSA) is 58.4 Å². The minimum atomic E-state index is -4.77. The Morgan fingerprint density at radius 2 is 2.04 bits per heavy atom. The summed E-state index contributed by atoms with van der Waals surface area (Å²) in [4.78, 5) is 12.1. The number of unbranched alkanes of at least 4 members (excludes halogenated alkanes) is 1. The van der Waals surface area contributed by atoms with Gasteiger partial charge in [0.15, 0.2) is 5.60 Å². The second-order valence-electron chi connectivity index (χ2n) is 5.41. The summed E-state index contributed by atoms with van der Waals surface area (Å²) < 4.78 is 39.4. The molecule has 1 N–H and O–H groups in total. The second-order valence-corrected chi connectivity index (χ2v) is 5.41. The predicted octanol–water partition coefficient (Wildman–Crippen LogP) is 4.12. The normalized spacial score (nSPS) is 15.2. The number of aliphatic imine (C=N–C) groups is 1. The van der Waals surface area contributed by atoms with E-state index >= 15 is 0 Å². The van der Waals surface area contributed by atoms with Crippen LogP contribution >= 0.6 is 0 Å². The molecular weight excluding hydrogens is 307 g/mol. The highest BCUT2D eigenvalue weighted by molar-refractivity contribution is 5.91. The molecule has 0 bridgehead atoms. The summed E-state index contributed by atoms with van der Waals surface area (Å²) in [6.45, 7) is 3.49. The van der Waals surface area contributed by atoms with E-state index in [-0.39, 0.29) is 6.42 Å². The van der Waals surface area contributed by atoms with Gasteiger partial charge in [-0.3, -0.25) is 4.99 Å². The zero-order valence-electron chi connectivity index (χ0n) is 12.9. The molecule has 1 aromatic carbocycles. The number of aryl methyl sites for hydroxylation is 1. The van der Waals surface area contributed by atoms with Crippen LogP contribution in [0.25, 0.3) is 10.9 Å². The van der Waals surface area contributed by atoms with Gasteiger partial charge in [-0.2, -0.15) is 13.2 Å². The molecule has 124 valence electrons. The Bertz CT molecular complexity index is 715. The van der Waals surface area contributed by atoms with E-state index in [4.69, 9.17) is 0 Å². The number of hydrogen-bond donors (Lipinski definition) is 1. The first kappa shape index (κ1) is 17.3. The smallest absolute Gasteiger partial charge is 0.376 e. The van der Waals surface area contributed by atoms with E-state index < -0.39 is 18.2 Å². The van der Waals surface area contributed by atoms with Crippen LogP contribution in [0.3, 0.4) is 0 Å². The number of benzene rings is 1. The SMILES string of the molecule is CCCCC(O)(C=Nc1cccc2nc(C)ncc12)C(F)(F)F. The fraction of sp³-hybridized carbons (Fsp3) is 0.438. The van der Waals surface area contributed by atoms with Crippen molar-refractivity contribution in [3.63, 3.8) is 0 Å². The summed E-state index contributed by atoms with van der Waals surface area (Å²) in [6, 6.07) is 4.95. The van der Waals surface area contributed by atoms with Gasteiger partial charge in [0.2, 0.25) is 0 Å². The quantitative estimate of drug-likeness (QED) is 0.841. The van der Waals surface area contributed by atoms with Crippen LogP contribution in [0.4, 0.5) is 18.9 Å². The molecule has 0 radical (unpaired) electrons. The van der Waals surface area contributed by atoms with Gasteiger partial charge in [-0.1, -0.05) is 25.8 Å². The molecular formula is C16H18F3N3O. The van der Waals surface area contributed by atoms with Crippen LogP contribution in [-0.4, -0.2) is 33.1 Å². The van der Waals surface area contributed by atoms with Crippen molar-refractivity contribution in [2.45, 2.75) is 44.9 Å². The molecule has 1 atom stereocenters. The molecule has 0 aliphatic heterocycles. The Balaban J connectivity index is 2.41. The first-order chi connectivity index (χ1) is 10.8. The van der Waals surface area contributed by atoms with Crippen LogP contribution < -0.4 is 0 Å². The van der Waals surface area contributed by atoms with Crippen molar-refractivity contribution in [2.75, 3.05) is 0 Å². The molecule has 0 aliphatic carbocycles. The Morgan fingerprint density at radius 1 is 1.30 bits per heavy atom. The van der Waals surface area contributed by atoms with Crippen LogP contribution in [0.15, 0.2) is 29.4 Å². The molecule has 4 nitrogen and oxygen atoms in total. The van der Waals surface area contributed by atoms with Gasteiger partial charge in [0.1, 0.15) is 5.82 Å². The van der Waals surface area contributed by atoms with Gasteiger partial charge in [-0.25, -0.2) is 9.97 Å². The van der Waals surface area contributed by atoms with Crippen LogP contribution in [-0.2, 0) is 0 Å². The molecule has 23 heavy (non-hydrogen) atoms. The molecule has 0 saturated heterocycles. The third kappa shape index (κ3) is 3.85. The third-order valence-electron chi connectivity index (χ3n) is 3.54. The molecule has 1 heterocycles. The number of aliphatic hydroxyl groups is 1. The summed E-state index contributed by atoms with van der Waals surface area (Å²) in [7, 11) is 0. The summed E-state index contributed by atoms with van der Waals surface area (Å²) in [6.07, 6.45) is -2.30. The fourth-order valence-corrected chi connectivity index (χ4v) is 2.15. The Hall–Kier alpha value is -2.02. The monoisotopic (exact) mass is 325 g/mol. The van der Waals surface area contributed by atoms with Crippen molar-refractivity contribution in [2.24, 2.45) is 4.99 Å². The van der Waals surface area contributed by atoms with Crippen LogP contribution in [0, 0.1) is 6.92 Å². The van der Waals surface area contributed by atoms with E-state index in [9.17, 15) is 18.3 Å². The Labute approximate surface area is 132 Å². The lowest BCUT2D eigenvalue weighted by atomic mass is 9.97. The summed E-state index contributed by atoms with van der Waals surface area (Å²) in [5.74, 6) is 0.563. The molecule has 1 aromatic heterocycles. The molecule has 2 rings (SSSR count). The van der Waals surface area contributed by atoms with Crippen LogP contribution in [0.5, 0.6) is 0 Å². The van der Waals surface area contributed by atoms with E-state index in [1.165, 1.54) is 6.20 Å².